The largest absolute Gasteiger partial charge is 0.335 e. The van der Waals surface area contributed by atoms with E-state index in [9.17, 15) is 9.18 Å². The number of halogens is 1. The lowest BCUT2D eigenvalue weighted by Gasteiger charge is -2.20. The van der Waals surface area contributed by atoms with E-state index in [1.807, 2.05) is 35.2 Å². The van der Waals surface area contributed by atoms with Gasteiger partial charge >= 0.3 is 0 Å². The van der Waals surface area contributed by atoms with Crippen LogP contribution in [0.5, 0.6) is 0 Å². The molecule has 1 aliphatic heterocycles. The molecule has 0 atom stereocenters. The number of nitrogens with zero attached hydrogens (tertiary/aromatic N) is 2. The van der Waals surface area contributed by atoms with Gasteiger partial charge in [-0.3, -0.25) is 9.69 Å². The smallest absolute Gasteiger partial charge is 0.252 e. The molecule has 3 rings (SSSR count). The Morgan fingerprint density at radius 3 is 2.38 bits per heavy atom. The quantitative estimate of drug-likeness (QED) is 0.814. The van der Waals surface area contributed by atoms with Crippen molar-refractivity contribution in [1.29, 1.82) is 0 Å². The highest BCUT2D eigenvalue weighted by atomic mass is 32.1. The lowest BCUT2D eigenvalue weighted by atomic mass is 10.2. The number of benzene rings is 2. The van der Waals surface area contributed by atoms with E-state index >= 15 is 0 Å². The summed E-state index contributed by atoms with van der Waals surface area (Å²) in [5, 5.41) is 0.454. The zero-order valence-electron chi connectivity index (χ0n) is 11.2. The van der Waals surface area contributed by atoms with Crippen LogP contribution in [-0.4, -0.2) is 22.5 Å². The Balaban J connectivity index is 1.80. The van der Waals surface area contributed by atoms with Gasteiger partial charge in [0.2, 0.25) is 0 Å². The number of anilines is 1. The fourth-order valence-corrected chi connectivity index (χ4v) is 2.66. The van der Waals surface area contributed by atoms with Gasteiger partial charge in [-0.2, -0.15) is 0 Å². The summed E-state index contributed by atoms with van der Waals surface area (Å²) in [7, 11) is 0. The van der Waals surface area contributed by atoms with Crippen molar-refractivity contribution in [3.8, 4) is 0 Å². The number of hydrogen-bond acceptors (Lipinski definition) is 2. The van der Waals surface area contributed by atoms with Crippen molar-refractivity contribution in [3.05, 3.63) is 66.0 Å². The molecule has 3 nitrogen and oxygen atoms in total. The van der Waals surface area contributed by atoms with E-state index in [-0.39, 0.29) is 18.3 Å². The predicted octanol–water partition coefficient (Wildman–Crippen LogP) is 2.96. The monoisotopic (exact) mass is 300 g/mol. The van der Waals surface area contributed by atoms with Crippen molar-refractivity contribution in [3.63, 3.8) is 0 Å². The number of amides is 1. The van der Waals surface area contributed by atoms with Crippen molar-refractivity contribution in [2.75, 3.05) is 11.4 Å². The second kappa shape index (κ2) is 5.61. The third kappa shape index (κ3) is 2.78. The van der Waals surface area contributed by atoms with Crippen LogP contribution in [0.2, 0.25) is 0 Å². The van der Waals surface area contributed by atoms with Gasteiger partial charge in [-0.25, -0.2) is 4.39 Å². The minimum Gasteiger partial charge on any atom is -0.335 e. The van der Waals surface area contributed by atoms with Crippen LogP contribution in [0.1, 0.15) is 5.56 Å². The van der Waals surface area contributed by atoms with Crippen LogP contribution < -0.4 is 4.90 Å². The summed E-state index contributed by atoms with van der Waals surface area (Å²) >= 11 is 5.39. The summed E-state index contributed by atoms with van der Waals surface area (Å²) in [6.45, 7) is 0.828. The van der Waals surface area contributed by atoms with E-state index in [2.05, 4.69) is 0 Å². The van der Waals surface area contributed by atoms with E-state index in [1.165, 1.54) is 17.0 Å². The van der Waals surface area contributed by atoms with Gasteiger partial charge in [0.05, 0.1) is 5.69 Å². The summed E-state index contributed by atoms with van der Waals surface area (Å²) in [6, 6.07) is 15.6. The normalized spacial score (nSPS) is 14.9. The first-order valence-corrected chi connectivity index (χ1v) is 6.97. The second-order valence-electron chi connectivity index (χ2n) is 4.83. The fourth-order valence-electron chi connectivity index (χ4n) is 2.32. The summed E-state index contributed by atoms with van der Waals surface area (Å²) < 4.78 is 13.0. The molecule has 2 aromatic carbocycles. The molecule has 0 spiro atoms. The summed E-state index contributed by atoms with van der Waals surface area (Å²) in [4.78, 5) is 15.5. The molecule has 0 bridgehead atoms. The maximum Gasteiger partial charge on any atom is 0.252 e. The Hall–Kier alpha value is -2.27. The third-order valence-electron chi connectivity index (χ3n) is 3.34. The Bertz CT molecular complexity index is 672. The Morgan fingerprint density at radius 1 is 1.05 bits per heavy atom. The lowest BCUT2D eigenvalue weighted by Crippen LogP contribution is -2.32. The number of carbonyl (C=O) groups is 1. The Kier molecular flexibility index (Phi) is 3.66. The van der Waals surface area contributed by atoms with Crippen molar-refractivity contribution >= 4 is 28.9 Å². The van der Waals surface area contributed by atoms with Crippen LogP contribution in [-0.2, 0) is 11.3 Å². The van der Waals surface area contributed by atoms with Gasteiger partial charge < -0.3 is 4.90 Å². The molecule has 2 aromatic rings. The fraction of sp³-hybridized carbons (Fsp3) is 0.125. The predicted molar refractivity (Wildman–Crippen MR) is 83.3 cm³/mol. The SMILES string of the molecule is O=C1CN(Cc2ccccc2)C(=S)N1c1ccc(F)cc1. The van der Waals surface area contributed by atoms with Crippen molar-refractivity contribution < 1.29 is 9.18 Å². The highest BCUT2D eigenvalue weighted by molar-refractivity contribution is 7.80. The van der Waals surface area contributed by atoms with E-state index in [0.29, 0.717) is 17.3 Å². The Labute approximate surface area is 127 Å². The van der Waals surface area contributed by atoms with Gasteiger partial charge in [-0.15, -0.1) is 0 Å². The van der Waals surface area contributed by atoms with Crippen molar-refractivity contribution in [2.45, 2.75) is 6.54 Å². The van der Waals surface area contributed by atoms with E-state index in [1.54, 1.807) is 12.1 Å². The first-order valence-electron chi connectivity index (χ1n) is 6.56. The van der Waals surface area contributed by atoms with Gasteiger partial charge in [-0.05, 0) is 42.0 Å². The van der Waals surface area contributed by atoms with E-state index in [4.69, 9.17) is 12.2 Å². The molecule has 0 saturated carbocycles. The Morgan fingerprint density at radius 2 is 1.71 bits per heavy atom. The van der Waals surface area contributed by atoms with E-state index < -0.39 is 0 Å². The molecule has 0 radical (unpaired) electrons. The molecular formula is C16H13FN2OS. The van der Waals surface area contributed by atoms with Gasteiger partial charge in [0.1, 0.15) is 12.4 Å². The summed E-state index contributed by atoms with van der Waals surface area (Å²) in [5.41, 5.74) is 1.69. The molecule has 106 valence electrons. The van der Waals surface area contributed by atoms with Crippen LogP contribution in [0.25, 0.3) is 0 Å². The number of thiocarbonyl (C=S) groups is 1. The molecule has 21 heavy (non-hydrogen) atoms. The van der Waals surface area contributed by atoms with Crippen LogP contribution in [0, 0.1) is 5.82 Å². The minimum absolute atomic E-state index is 0.0949. The number of carbonyl (C=O) groups excluding carboxylic acids is 1. The molecule has 0 N–H and O–H groups in total. The highest BCUT2D eigenvalue weighted by Crippen LogP contribution is 2.23. The standard InChI is InChI=1S/C16H13FN2OS/c17-13-6-8-14(9-7-13)19-15(20)11-18(16(19)21)10-12-4-2-1-3-5-12/h1-9H,10-11H2. The number of hydrogen-bond donors (Lipinski definition) is 0. The summed E-state index contributed by atoms with van der Waals surface area (Å²) in [6.07, 6.45) is 0. The van der Waals surface area contributed by atoms with Gasteiger partial charge in [0, 0.05) is 6.54 Å². The minimum atomic E-state index is -0.336. The second-order valence-corrected chi connectivity index (χ2v) is 5.19. The van der Waals surface area contributed by atoms with Gasteiger partial charge in [0.15, 0.2) is 5.11 Å². The molecule has 1 fully saturated rings. The lowest BCUT2D eigenvalue weighted by molar-refractivity contribution is -0.116. The zero-order valence-corrected chi connectivity index (χ0v) is 12.0. The maximum absolute atomic E-state index is 13.0. The van der Waals surface area contributed by atoms with Gasteiger partial charge in [-0.1, -0.05) is 30.3 Å². The third-order valence-corrected chi connectivity index (χ3v) is 3.78. The van der Waals surface area contributed by atoms with Crippen molar-refractivity contribution in [1.82, 2.24) is 4.90 Å². The summed E-state index contributed by atoms with van der Waals surface area (Å²) in [5.74, 6) is -0.431. The average molecular weight is 300 g/mol. The molecule has 1 amide bonds. The molecule has 1 saturated heterocycles. The molecule has 0 aromatic heterocycles. The van der Waals surface area contributed by atoms with Crippen LogP contribution in [0.4, 0.5) is 10.1 Å². The molecule has 0 aliphatic carbocycles. The van der Waals surface area contributed by atoms with Crippen molar-refractivity contribution in [2.24, 2.45) is 0 Å². The molecule has 0 unspecified atom stereocenters. The zero-order chi connectivity index (χ0) is 14.8. The molecule has 1 heterocycles. The van der Waals surface area contributed by atoms with Crippen LogP contribution in [0.3, 0.4) is 0 Å². The average Bonchev–Trinajstić information content (AvgIpc) is 2.76. The van der Waals surface area contributed by atoms with Crippen LogP contribution >= 0.6 is 12.2 Å². The first kappa shape index (κ1) is 13.7. The maximum atomic E-state index is 13.0. The highest BCUT2D eigenvalue weighted by Gasteiger charge is 2.33. The van der Waals surface area contributed by atoms with E-state index in [0.717, 1.165) is 5.56 Å². The first-order chi connectivity index (χ1) is 10.1. The molecule has 1 aliphatic rings. The number of rotatable bonds is 3. The van der Waals surface area contributed by atoms with Crippen LogP contribution in [0.15, 0.2) is 54.6 Å². The molecule has 5 heteroatoms. The molecular weight excluding hydrogens is 287 g/mol. The van der Waals surface area contributed by atoms with Gasteiger partial charge in [0.25, 0.3) is 5.91 Å². The topological polar surface area (TPSA) is 23.6 Å².